The number of rotatable bonds is 4. The zero-order chi connectivity index (χ0) is 21.4. The van der Waals surface area contributed by atoms with E-state index in [0.717, 1.165) is 28.1 Å². The lowest BCUT2D eigenvalue weighted by Gasteiger charge is -2.24. The average Bonchev–Trinajstić information content (AvgIpc) is 3.07. The van der Waals surface area contributed by atoms with Gasteiger partial charge in [-0.05, 0) is 35.4 Å². The minimum Gasteiger partial charge on any atom is -0.493 e. The van der Waals surface area contributed by atoms with E-state index in [4.69, 9.17) is 9.47 Å². The van der Waals surface area contributed by atoms with Gasteiger partial charge in [0.05, 0.1) is 5.52 Å². The van der Waals surface area contributed by atoms with Crippen molar-refractivity contribution in [1.29, 1.82) is 0 Å². The molecule has 0 fully saturated rings. The van der Waals surface area contributed by atoms with Crippen LogP contribution in [0.25, 0.3) is 21.7 Å². The van der Waals surface area contributed by atoms with Crippen molar-refractivity contribution in [2.75, 3.05) is 6.61 Å². The van der Waals surface area contributed by atoms with Crippen LogP contribution in [0, 0.1) is 0 Å². The predicted octanol–water partition coefficient (Wildman–Crippen LogP) is 5.36. The largest absolute Gasteiger partial charge is 0.493 e. The highest BCUT2D eigenvalue weighted by molar-refractivity contribution is 5.95. The molecule has 0 aliphatic carbocycles. The summed E-state index contributed by atoms with van der Waals surface area (Å²) in [5.74, 6) is 0.531. The van der Waals surface area contributed by atoms with Crippen LogP contribution in [0.2, 0.25) is 0 Å². The van der Waals surface area contributed by atoms with Gasteiger partial charge in [0, 0.05) is 11.9 Å². The van der Waals surface area contributed by atoms with Crippen LogP contribution in [0.5, 0.6) is 17.4 Å². The van der Waals surface area contributed by atoms with Crippen LogP contribution in [0.15, 0.2) is 70.9 Å². The minimum atomic E-state index is -0.899. The lowest BCUT2D eigenvalue weighted by molar-refractivity contribution is -0.127. The quantitative estimate of drug-likeness (QED) is 0.455. The highest BCUT2D eigenvalue weighted by atomic mass is 16.6. The number of amides is 1. The van der Waals surface area contributed by atoms with Crippen LogP contribution >= 0.6 is 0 Å². The van der Waals surface area contributed by atoms with Gasteiger partial charge >= 0.3 is 5.91 Å². The highest BCUT2D eigenvalue weighted by Crippen LogP contribution is 2.39. The molecule has 0 bridgehead atoms. The summed E-state index contributed by atoms with van der Waals surface area (Å²) in [6.07, 6.45) is -0.0492. The molecule has 156 valence electrons. The van der Waals surface area contributed by atoms with Crippen molar-refractivity contribution in [2.24, 2.45) is 10.2 Å². The number of hydrogen-bond acceptors (Lipinski definition) is 5. The van der Waals surface area contributed by atoms with E-state index in [0.29, 0.717) is 18.0 Å². The Labute approximate surface area is 178 Å². The van der Waals surface area contributed by atoms with Crippen molar-refractivity contribution >= 4 is 33.3 Å². The third-order valence-corrected chi connectivity index (χ3v) is 5.36. The second-order valence-corrected chi connectivity index (χ2v) is 7.44. The number of para-hydroxylation sites is 1. The summed E-state index contributed by atoms with van der Waals surface area (Å²) in [5, 5.41) is 21.3. The summed E-state index contributed by atoms with van der Waals surface area (Å²) in [5.41, 5.74) is 1.13. The summed E-state index contributed by atoms with van der Waals surface area (Å²) >= 11 is 0. The smallest absolute Gasteiger partial charge is 0.308 e. The summed E-state index contributed by atoms with van der Waals surface area (Å²) < 4.78 is 13.4. The van der Waals surface area contributed by atoms with E-state index >= 15 is 0 Å². The topological polar surface area (TPSA) is 85.4 Å². The van der Waals surface area contributed by atoms with Gasteiger partial charge in [-0.15, -0.1) is 10.2 Å². The molecule has 0 spiro atoms. The molecule has 0 unspecified atom stereocenters. The maximum Gasteiger partial charge on any atom is 0.308 e. The van der Waals surface area contributed by atoms with Gasteiger partial charge in [0.1, 0.15) is 6.61 Å². The van der Waals surface area contributed by atoms with Crippen molar-refractivity contribution in [3.63, 3.8) is 0 Å². The van der Waals surface area contributed by atoms with E-state index in [-0.39, 0.29) is 18.2 Å². The monoisotopic (exact) mass is 415 g/mol. The van der Waals surface area contributed by atoms with Gasteiger partial charge in [0.2, 0.25) is 12.0 Å². The second-order valence-electron chi connectivity index (χ2n) is 7.44. The second kappa shape index (κ2) is 7.75. The number of fused-ring (bicyclic) bond motifs is 3. The van der Waals surface area contributed by atoms with Crippen LogP contribution in [0.3, 0.4) is 0 Å². The molecular formula is C24H21N3O4. The van der Waals surface area contributed by atoms with Crippen molar-refractivity contribution in [2.45, 2.75) is 26.0 Å². The van der Waals surface area contributed by atoms with Gasteiger partial charge in [-0.1, -0.05) is 49.4 Å². The third-order valence-electron chi connectivity index (χ3n) is 5.36. The van der Waals surface area contributed by atoms with Gasteiger partial charge in [-0.25, -0.2) is 0 Å². The molecule has 5 rings (SSSR count). The first-order valence-electron chi connectivity index (χ1n) is 10.2. The van der Waals surface area contributed by atoms with E-state index in [1.807, 2.05) is 67.6 Å². The molecule has 3 aromatic carbocycles. The number of benzene rings is 3. The zero-order valence-electron chi connectivity index (χ0n) is 17.0. The molecule has 7 heteroatoms. The molecule has 2 heterocycles. The predicted molar refractivity (Wildman–Crippen MR) is 117 cm³/mol. The highest BCUT2D eigenvalue weighted by Gasteiger charge is 2.28. The van der Waals surface area contributed by atoms with Gasteiger partial charge in [-0.3, -0.25) is 4.79 Å². The fraction of sp³-hybridized carbons (Fsp3) is 0.208. The molecule has 0 saturated heterocycles. The first-order valence-corrected chi connectivity index (χ1v) is 10.2. The summed E-state index contributed by atoms with van der Waals surface area (Å²) in [6, 6.07) is 19.1. The molecule has 1 aliphatic rings. The third kappa shape index (κ3) is 3.38. The van der Waals surface area contributed by atoms with Crippen LogP contribution in [-0.4, -0.2) is 28.3 Å². The van der Waals surface area contributed by atoms with E-state index in [2.05, 4.69) is 10.2 Å². The number of hydrogen-bond donors (Lipinski definition) is 1. The molecule has 31 heavy (non-hydrogen) atoms. The van der Waals surface area contributed by atoms with Crippen molar-refractivity contribution in [1.82, 2.24) is 4.57 Å². The SMILES string of the molecule is CCCn1c(O)c(N=NC(=O)[C@H]2COc3cc4ccccc4cc3O2)c2ccccc21. The Kier molecular flexibility index (Phi) is 4.78. The number of ether oxygens (including phenoxy) is 2. The van der Waals surface area contributed by atoms with Gasteiger partial charge in [0.25, 0.3) is 0 Å². The van der Waals surface area contributed by atoms with E-state index in [1.165, 1.54) is 0 Å². The van der Waals surface area contributed by atoms with Crippen molar-refractivity contribution in [3.05, 3.63) is 60.7 Å². The van der Waals surface area contributed by atoms with E-state index in [1.54, 1.807) is 4.57 Å². The molecule has 1 aliphatic heterocycles. The summed E-state index contributed by atoms with van der Waals surface area (Å²) in [6.45, 7) is 2.72. The number of azo groups is 1. The molecule has 4 aromatic rings. The molecule has 1 amide bonds. The minimum absolute atomic E-state index is 0.00257. The van der Waals surface area contributed by atoms with Crippen molar-refractivity contribution in [3.8, 4) is 17.4 Å². The van der Waals surface area contributed by atoms with Crippen LogP contribution < -0.4 is 9.47 Å². The number of aromatic hydroxyl groups is 1. The van der Waals surface area contributed by atoms with E-state index < -0.39 is 12.0 Å². The lowest BCUT2D eigenvalue weighted by atomic mass is 10.1. The maximum atomic E-state index is 12.7. The number of aromatic nitrogens is 1. The Morgan fingerprint density at radius 3 is 2.58 bits per heavy atom. The molecule has 7 nitrogen and oxygen atoms in total. The maximum absolute atomic E-state index is 12.7. The lowest BCUT2D eigenvalue weighted by Crippen LogP contribution is -2.35. The fourth-order valence-corrected chi connectivity index (χ4v) is 3.86. The summed E-state index contributed by atoms with van der Waals surface area (Å²) in [7, 11) is 0. The molecular weight excluding hydrogens is 394 g/mol. The van der Waals surface area contributed by atoms with Gasteiger partial charge < -0.3 is 19.1 Å². The van der Waals surface area contributed by atoms with Gasteiger partial charge in [0.15, 0.2) is 17.2 Å². The van der Waals surface area contributed by atoms with Crippen LogP contribution in [0.1, 0.15) is 13.3 Å². The first-order chi connectivity index (χ1) is 15.2. The number of carbonyl (C=O) groups is 1. The molecule has 1 aromatic heterocycles. The van der Waals surface area contributed by atoms with E-state index in [9.17, 15) is 9.90 Å². The standard InChI is InChI=1S/C24H21N3O4/c1-2-11-27-18-10-6-5-9-17(18)22(24(27)29)25-26-23(28)21-14-30-19-12-15-7-3-4-8-16(15)13-20(19)31-21/h3-10,12-13,21,29H,2,11,14H2,1H3/t21-/m1/s1. The zero-order valence-corrected chi connectivity index (χ0v) is 17.0. The normalized spacial score (nSPS) is 15.7. The number of aryl methyl sites for hydroxylation is 1. The molecule has 1 atom stereocenters. The first kappa shape index (κ1) is 19.1. The number of nitrogens with zero attached hydrogens (tertiary/aromatic N) is 3. The molecule has 0 radical (unpaired) electrons. The number of carbonyl (C=O) groups excluding carboxylic acids is 1. The van der Waals surface area contributed by atoms with Gasteiger partial charge in [-0.2, -0.15) is 0 Å². The fourth-order valence-electron chi connectivity index (χ4n) is 3.86. The molecule has 0 saturated carbocycles. The average molecular weight is 415 g/mol. The van der Waals surface area contributed by atoms with Crippen LogP contribution in [-0.2, 0) is 11.3 Å². The molecule has 1 N–H and O–H groups in total. The van der Waals surface area contributed by atoms with Crippen molar-refractivity contribution < 1.29 is 19.4 Å². The Morgan fingerprint density at radius 2 is 1.81 bits per heavy atom. The Morgan fingerprint density at radius 1 is 1.10 bits per heavy atom. The summed E-state index contributed by atoms with van der Waals surface area (Å²) in [4.78, 5) is 12.7. The Hall–Kier alpha value is -3.87. The Bertz CT molecular complexity index is 1330. The Balaban J connectivity index is 1.41. The van der Waals surface area contributed by atoms with Crippen LogP contribution in [0.4, 0.5) is 5.69 Å².